The van der Waals surface area contributed by atoms with E-state index in [9.17, 15) is 13.2 Å². The van der Waals surface area contributed by atoms with Crippen LogP contribution in [0.15, 0.2) is 89.3 Å². The first-order chi connectivity index (χ1) is 16.7. The third-order valence-electron chi connectivity index (χ3n) is 6.00. The predicted molar refractivity (Wildman–Crippen MR) is 138 cm³/mol. The van der Waals surface area contributed by atoms with Crippen LogP contribution in [0, 0.1) is 6.92 Å². The summed E-state index contributed by atoms with van der Waals surface area (Å²) in [7, 11) is -4.08. The third-order valence-corrected chi connectivity index (χ3v) is 8.52. The molecule has 2 unspecified atom stereocenters. The van der Waals surface area contributed by atoms with E-state index in [0.717, 1.165) is 5.56 Å². The molecule has 1 aliphatic heterocycles. The van der Waals surface area contributed by atoms with Gasteiger partial charge < -0.3 is 4.74 Å². The summed E-state index contributed by atoms with van der Waals surface area (Å²) in [5.74, 6) is -0.558. The number of nitrogens with zero attached hydrogens (tertiary/aromatic N) is 1. The Kier molecular flexibility index (Phi) is 7.67. The van der Waals surface area contributed by atoms with Crippen LogP contribution in [0.4, 0.5) is 0 Å². The lowest BCUT2D eigenvalue weighted by atomic mass is 9.89. The molecule has 1 heterocycles. The van der Waals surface area contributed by atoms with Gasteiger partial charge in [0, 0.05) is 10.0 Å². The highest BCUT2D eigenvalue weighted by molar-refractivity contribution is 7.89. The predicted octanol–water partition coefficient (Wildman–Crippen LogP) is 6.67. The molecule has 0 bridgehead atoms. The number of aryl methyl sites for hydroxylation is 1. The van der Waals surface area contributed by atoms with Crippen molar-refractivity contribution in [2.45, 2.75) is 37.2 Å². The van der Waals surface area contributed by atoms with Crippen LogP contribution in [0.5, 0.6) is 0 Å². The molecule has 0 fully saturated rings. The monoisotopic (exact) mass is 529 g/mol. The Labute approximate surface area is 216 Å². The fourth-order valence-corrected chi connectivity index (χ4v) is 6.75. The normalized spacial score (nSPS) is 18.7. The maximum atomic E-state index is 14.3. The summed E-state index contributed by atoms with van der Waals surface area (Å²) in [5, 5.41) is 0.986. The van der Waals surface area contributed by atoms with E-state index in [1.54, 1.807) is 80.6 Å². The van der Waals surface area contributed by atoms with Crippen molar-refractivity contribution in [3.05, 3.63) is 111 Å². The molecule has 0 radical (unpaired) electrons. The third kappa shape index (κ3) is 5.16. The first kappa shape index (κ1) is 25.5. The van der Waals surface area contributed by atoms with E-state index in [1.807, 2.05) is 12.1 Å². The van der Waals surface area contributed by atoms with Gasteiger partial charge in [-0.1, -0.05) is 71.7 Å². The molecule has 182 valence electrons. The second kappa shape index (κ2) is 10.5. The van der Waals surface area contributed by atoms with Crippen LogP contribution in [0.1, 0.15) is 42.1 Å². The SMILES string of the molecule is CCOC(=O)C1=CCC(c2ccc(Cl)cc2)N(S(=O)(=O)c2ccccc2C)C1c1cccc(Cl)c1. The van der Waals surface area contributed by atoms with Gasteiger partial charge in [0.1, 0.15) is 0 Å². The summed E-state index contributed by atoms with van der Waals surface area (Å²) in [5.41, 5.74) is 2.21. The summed E-state index contributed by atoms with van der Waals surface area (Å²) in [4.78, 5) is 13.2. The Morgan fingerprint density at radius 1 is 0.971 bits per heavy atom. The molecule has 0 aliphatic carbocycles. The van der Waals surface area contributed by atoms with Gasteiger partial charge in [0.25, 0.3) is 0 Å². The standard InChI is InChI=1S/C27H25Cl2NO4S/c1-3-34-27(31)23-15-16-24(19-11-13-21(28)14-12-19)30(26(23)20-8-6-9-22(29)17-20)35(32,33)25-10-5-4-7-18(25)2/h4-15,17,24,26H,3,16H2,1-2H3. The Balaban J connectivity index is 1.99. The van der Waals surface area contributed by atoms with Crippen LogP contribution < -0.4 is 0 Å². The molecular weight excluding hydrogens is 505 g/mol. The highest BCUT2D eigenvalue weighted by atomic mass is 35.5. The molecule has 1 aliphatic rings. The topological polar surface area (TPSA) is 63.7 Å². The first-order valence-corrected chi connectivity index (χ1v) is 13.4. The van der Waals surface area contributed by atoms with Gasteiger partial charge in [0.2, 0.25) is 10.0 Å². The highest BCUT2D eigenvalue weighted by Gasteiger charge is 2.45. The average molecular weight is 530 g/mol. The minimum atomic E-state index is -4.08. The van der Waals surface area contributed by atoms with Gasteiger partial charge >= 0.3 is 5.97 Å². The minimum absolute atomic E-state index is 0.170. The van der Waals surface area contributed by atoms with Crippen molar-refractivity contribution in [1.29, 1.82) is 0 Å². The first-order valence-electron chi connectivity index (χ1n) is 11.2. The van der Waals surface area contributed by atoms with E-state index in [4.69, 9.17) is 27.9 Å². The Morgan fingerprint density at radius 2 is 1.69 bits per heavy atom. The van der Waals surface area contributed by atoms with Crippen molar-refractivity contribution in [1.82, 2.24) is 4.31 Å². The molecule has 3 aromatic rings. The van der Waals surface area contributed by atoms with Gasteiger partial charge in [-0.25, -0.2) is 13.2 Å². The average Bonchev–Trinajstić information content (AvgIpc) is 2.84. The molecule has 0 spiro atoms. The fourth-order valence-electron chi connectivity index (χ4n) is 4.42. The number of hydrogen-bond acceptors (Lipinski definition) is 4. The lowest BCUT2D eigenvalue weighted by Crippen LogP contribution is -2.43. The molecule has 35 heavy (non-hydrogen) atoms. The van der Waals surface area contributed by atoms with Crippen molar-refractivity contribution in [3.63, 3.8) is 0 Å². The van der Waals surface area contributed by atoms with Crippen LogP contribution in [-0.2, 0) is 19.6 Å². The quantitative estimate of drug-likeness (QED) is 0.334. The molecular formula is C27H25Cl2NO4S. The summed E-state index contributed by atoms with van der Waals surface area (Å²) >= 11 is 12.4. The maximum Gasteiger partial charge on any atom is 0.335 e. The molecule has 0 saturated heterocycles. The van der Waals surface area contributed by atoms with Crippen molar-refractivity contribution >= 4 is 39.2 Å². The molecule has 0 saturated carbocycles. The smallest absolute Gasteiger partial charge is 0.335 e. The summed E-state index contributed by atoms with van der Waals surface area (Å²) in [6.45, 7) is 3.64. The lowest BCUT2D eigenvalue weighted by Gasteiger charge is -2.41. The largest absolute Gasteiger partial charge is 0.463 e. The number of rotatable bonds is 6. The Morgan fingerprint density at radius 3 is 2.34 bits per heavy atom. The summed E-state index contributed by atoms with van der Waals surface area (Å²) < 4.78 is 35.4. The Hall–Kier alpha value is -2.64. The highest BCUT2D eigenvalue weighted by Crippen LogP contribution is 2.46. The van der Waals surface area contributed by atoms with Gasteiger partial charge in [-0.2, -0.15) is 4.31 Å². The van der Waals surface area contributed by atoms with Gasteiger partial charge in [0.05, 0.1) is 29.2 Å². The second-order valence-corrected chi connectivity index (χ2v) is 10.9. The van der Waals surface area contributed by atoms with Crippen molar-refractivity contribution in [2.24, 2.45) is 0 Å². The Bertz CT molecular complexity index is 1370. The molecule has 3 aromatic carbocycles. The summed E-state index contributed by atoms with van der Waals surface area (Å²) in [6, 6.07) is 19.3. The zero-order chi connectivity index (χ0) is 25.2. The minimum Gasteiger partial charge on any atom is -0.463 e. The molecule has 0 N–H and O–H groups in total. The number of halogens is 2. The second-order valence-electron chi connectivity index (χ2n) is 8.24. The number of carbonyl (C=O) groups is 1. The number of ether oxygens (including phenoxy) is 1. The van der Waals surface area contributed by atoms with Crippen LogP contribution in [0.3, 0.4) is 0 Å². The molecule has 0 amide bonds. The van der Waals surface area contributed by atoms with Crippen LogP contribution in [-0.4, -0.2) is 25.3 Å². The summed E-state index contributed by atoms with van der Waals surface area (Å²) in [6.07, 6.45) is 2.06. The lowest BCUT2D eigenvalue weighted by molar-refractivity contribution is -0.139. The van der Waals surface area contributed by atoms with E-state index in [1.165, 1.54) is 4.31 Å². The van der Waals surface area contributed by atoms with Gasteiger partial charge in [-0.15, -0.1) is 0 Å². The number of sulfonamides is 1. The zero-order valence-corrected chi connectivity index (χ0v) is 21.6. The van der Waals surface area contributed by atoms with Crippen LogP contribution >= 0.6 is 23.2 Å². The van der Waals surface area contributed by atoms with Crippen molar-refractivity contribution in [2.75, 3.05) is 6.61 Å². The van der Waals surface area contributed by atoms with E-state index in [0.29, 0.717) is 21.2 Å². The molecule has 2 atom stereocenters. The zero-order valence-electron chi connectivity index (χ0n) is 19.3. The van der Waals surface area contributed by atoms with Crippen molar-refractivity contribution < 1.29 is 17.9 Å². The molecule has 8 heteroatoms. The fraction of sp³-hybridized carbons (Fsp3) is 0.222. The number of benzene rings is 3. The maximum absolute atomic E-state index is 14.3. The number of carbonyl (C=O) groups excluding carboxylic acids is 1. The van der Waals surface area contributed by atoms with E-state index >= 15 is 0 Å². The molecule has 0 aromatic heterocycles. The number of hydrogen-bond donors (Lipinski definition) is 0. The van der Waals surface area contributed by atoms with Crippen LogP contribution in [0.25, 0.3) is 0 Å². The molecule has 4 rings (SSSR count). The van der Waals surface area contributed by atoms with Crippen LogP contribution in [0.2, 0.25) is 10.0 Å². The van der Waals surface area contributed by atoms with Crippen molar-refractivity contribution in [3.8, 4) is 0 Å². The van der Waals surface area contributed by atoms with E-state index in [-0.39, 0.29) is 23.5 Å². The van der Waals surface area contributed by atoms with Gasteiger partial charge in [0.15, 0.2) is 0 Å². The van der Waals surface area contributed by atoms with E-state index in [2.05, 4.69) is 0 Å². The van der Waals surface area contributed by atoms with Gasteiger partial charge in [-0.3, -0.25) is 0 Å². The number of esters is 1. The molecule has 5 nitrogen and oxygen atoms in total. The van der Waals surface area contributed by atoms with Gasteiger partial charge in [-0.05, 0) is 67.3 Å². The van der Waals surface area contributed by atoms with E-state index < -0.39 is 28.1 Å².